The number of carbonyl (C=O) groups excluding carboxylic acids is 1. The average molecular weight is 374 g/mol. The largest absolute Gasteiger partial charge is 0.434 e. The Hall–Kier alpha value is -1.27. The Morgan fingerprint density at radius 2 is 1.94 bits per heavy atom. The third-order valence-electron chi connectivity index (χ3n) is 2.21. The van der Waals surface area contributed by atoms with Crippen LogP contribution in [0, 0.1) is 0 Å². The van der Waals surface area contributed by atoms with E-state index in [2.05, 4.69) is 42.5 Å². The molecule has 1 heterocycles. The minimum Gasteiger partial charge on any atom is -0.434 e. The van der Waals surface area contributed by atoms with E-state index in [1.807, 2.05) is 24.3 Å². The van der Waals surface area contributed by atoms with Gasteiger partial charge in [-0.15, -0.1) is 0 Å². The van der Waals surface area contributed by atoms with E-state index in [9.17, 15) is 4.79 Å². The molecule has 6 heteroatoms. The quantitative estimate of drug-likeness (QED) is 0.849. The highest BCUT2D eigenvalue weighted by atomic mass is 79.9. The molecule has 2 aromatic rings. The number of nitrogens with one attached hydrogen (secondary N) is 2. The van der Waals surface area contributed by atoms with Gasteiger partial charge in [0.05, 0.1) is 0 Å². The fraction of sp³-hybridized carbons (Fsp3) is 0.0833. The normalized spacial score (nSPS) is 10.1. The summed E-state index contributed by atoms with van der Waals surface area (Å²) in [5.41, 5.74) is 1.01. The molecule has 2 rings (SSSR count). The van der Waals surface area contributed by atoms with Gasteiger partial charge in [-0.2, -0.15) is 0 Å². The van der Waals surface area contributed by atoms with Gasteiger partial charge < -0.3 is 9.73 Å². The Labute approximate surface area is 121 Å². The van der Waals surface area contributed by atoms with Gasteiger partial charge in [0.15, 0.2) is 4.67 Å². The first-order chi connectivity index (χ1) is 8.65. The van der Waals surface area contributed by atoms with Crippen molar-refractivity contribution in [3.63, 3.8) is 0 Å². The van der Waals surface area contributed by atoms with E-state index in [1.54, 1.807) is 12.1 Å². The van der Waals surface area contributed by atoms with E-state index in [-0.39, 0.29) is 6.03 Å². The Kier molecular flexibility index (Phi) is 4.43. The number of hydrogen-bond acceptors (Lipinski definition) is 2. The number of hydrogen-bond donors (Lipinski definition) is 2. The predicted molar refractivity (Wildman–Crippen MR) is 76.4 cm³/mol. The van der Waals surface area contributed by atoms with Gasteiger partial charge in [-0.1, -0.05) is 34.1 Å². The van der Waals surface area contributed by atoms with Crippen LogP contribution in [0.1, 0.15) is 5.56 Å². The summed E-state index contributed by atoms with van der Waals surface area (Å²) in [6.45, 7) is 0.440. The average Bonchev–Trinajstić information content (AvgIpc) is 2.74. The van der Waals surface area contributed by atoms with Crippen LogP contribution in [-0.2, 0) is 6.54 Å². The van der Waals surface area contributed by atoms with E-state index in [1.165, 1.54) is 0 Å². The lowest BCUT2D eigenvalue weighted by molar-refractivity contribution is 0.251. The van der Waals surface area contributed by atoms with Crippen molar-refractivity contribution in [3.8, 4) is 0 Å². The predicted octanol–water partition coefficient (Wildman–Crippen LogP) is 4.13. The van der Waals surface area contributed by atoms with Crippen LogP contribution in [0.3, 0.4) is 0 Å². The van der Waals surface area contributed by atoms with Gasteiger partial charge in [0.1, 0.15) is 0 Å². The van der Waals surface area contributed by atoms with Crippen LogP contribution in [0.25, 0.3) is 0 Å². The molecule has 0 fully saturated rings. The molecular weight excluding hydrogens is 364 g/mol. The maximum Gasteiger partial charge on any atom is 0.321 e. The molecule has 0 spiro atoms. The van der Waals surface area contributed by atoms with Gasteiger partial charge in [0.2, 0.25) is 5.88 Å². The molecule has 0 aliphatic carbocycles. The lowest BCUT2D eigenvalue weighted by Crippen LogP contribution is -2.28. The van der Waals surface area contributed by atoms with Crippen molar-refractivity contribution in [2.75, 3.05) is 5.32 Å². The van der Waals surface area contributed by atoms with Crippen LogP contribution < -0.4 is 10.6 Å². The summed E-state index contributed by atoms with van der Waals surface area (Å²) < 4.78 is 6.70. The van der Waals surface area contributed by atoms with Crippen molar-refractivity contribution in [2.24, 2.45) is 0 Å². The number of rotatable bonds is 3. The van der Waals surface area contributed by atoms with Gasteiger partial charge in [0, 0.05) is 17.1 Å². The molecule has 0 radical (unpaired) electrons. The summed E-state index contributed by atoms with van der Waals surface area (Å²) in [6, 6.07) is 10.8. The fourth-order valence-electron chi connectivity index (χ4n) is 1.35. The smallest absolute Gasteiger partial charge is 0.321 e. The summed E-state index contributed by atoms with van der Waals surface area (Å²) in [5, 5.41) is 5.33. The molecule has 1 aromatic carbocycles. The summed E-state index contributed by atoms with van der Waals surface area (Å²) >= 11 is 6.58. The minimum absolute atomic E-state index is 0.312. The zero-order chi connectivity index (χ0) is 13.0. The Bertz CT molecular complexity index is 555. The van der Waals surface area contributed by atoms with Crippen molar-refractivity contribution in [1.29, 1.82) is 0 Å². The van der Waals surface area contributed by atoms with Gasteiger partial charge in [-0.3, -0.25) is 5.32 Å². The second-order valence-electron chi connectivity index (χ2n) is 3.50. The molecule has 94 valence electrons. The number of benzene rings is 1. The molecule has 4 nitrogen and oxygen atoms in total. The summed E-state index contributed by atoms with van der Waals surface area (Å²) in [6.07, 6.45) is 0. The minimum atomic E-state index is -0.312. The van der Waals surface area contributed by atoms with Crippen molar-refractivity contribution >= 4 is 43.8 Å². The van der Waals surface area contributed by atoms with E-state index >= 15 is 0 Å². The molecule has 0 bridgehead atoms. The zero-order valence-electron chi connectivity index (χ0n) is 9.24. The van der Waals surface area contributed by atoms with E-state index in [0.29, 0.717) is 17.1 Å². The molecule has 18 heavy (non-hydrogen) atoms. The van der Waals surface area contributed by atoms with Crippen molar-refractivity contribution in [1.82, 2.24) is 5.32 Å². The number of amides is 2. The summed E-state index contributed by atoms with van der Waals surface area (Å²) in [5.74, 6) is 0.395. The summed E-state index contributed by atoms with van der Waals surface area (Å²) in [4.78, 5) is 11.6. The molecule has 2 amide bonds. The number of urea groups is 1. The molecule has 0 aliphatic rings. The fourth-order valence-corrected chi connectivity index (χ4v) is 2.09. The van der Waals surface area contributed by atoms with E-state index < -0.39 is 0 Å². The van der Waals surface area contributed by atoms with Gasteiger partial charge in [-0.25, -0.2) is 4.79 Å². The monoisotopic (exact) mass is 372 g/mol. The molecule has 0 atom stereocenters. The molecule has 2 N–H and O–H groups in total. The topological polar surface area (TPSA) is 54.3 Å². The molecule has 0 aliphatic heterocycles. The zero-order valence-corrected chi connectivity index (χ0v) is 12.4. The highest BCUT2D eigenvalue weighted by Crippen LogP contribution is 2.18. The van der Waals surface area contributed by atoms with Crippen LogP contribution >= 0.6 is 31.9 Å². The van der Waals surface area contributed by atoms with Crippen LogP contribution in [0.5, 0.6) is 0 Å². The van der Waals surface area contributed by atoms with Crippen molar-refractivity contribution in [3.05, 3.63) is 51.1 Å². The van der Waals surface area contributed by atoms with E-state index in [4.69, 9.17) is 4.42 Å². The second kappa shape index (κ2) is 6.06. The van der Waals surface area contributed by atoms with Gasteiger partial charge in [-0.05, 0) is 33.6 Å². The third-order valence-corrected chi connectivity index (χ3v) is 3.41. The molecule has 0 saturated carbocycles. The lowest BCUT2D eigenvalue weighted by atomic mass is 10.2. The highest BCUT2D eigenvalue weighted by molar-refractivity contribution is 9.10. The molecule has 0 unspecified atom stereocenters. The van der Waals surface area contributed by atoms with Crippen LogP contribution in [-0.4, -0.2) is 6.03 Å². The number of carbonyl (C=O) groups is 1. The standard InChI is InChI=1S/C12H10Br2N2O2/c13-9-4-2-1-3-8(9)7-15-12(17)16-11-6-5-10(14)18-11/h1-6H,7H2,(H2,15,16,17). The van der Waals surface area contributed by atoms with Gasteiger partial charge >= 0.3 is 6.03 Å². The third kappa shape index (κ3) is 3.61. The van der Waals surface area contributed by atoms with Crippen LogP contribution in [0.2, 0.25) is 0 Å². The SMILES string of the molecule is O=C(NCc1ccccc1Br)Nc1ccc(Br)o1. The molecular formula is C12H10Br2N2O2. The first-order valence-electron chi connectivity index (χ1n) is 5.19. The molecule has 1 aromatic heterocycles. The first-order valence-corrected chi connectivity index (χ1v) is 6.77. The Morgan fingerprint density at radius 1 is 1.17 bits per heavy atom. The van der Waals surface area contributed by atoms with Crippen molar-refractivity contribution < 1.29 is 9.21 Å². The van der Waals surface area contributed by atoms with Crippen molar-refractivity contribution in [2.45, 2.75) is 6.54 Å². The maximum atomic E-state index is 11.6. The maximum absolute atomic E-state index is 11.6. The van der Waals surface area contributed by atoms with Crippen LogP contribution in [0.4, 0.5) is 10.7 Å². The number of anilines is 1. The van der Waals surface area contributed by atoms with Gasteiger partial charge in [0.25, 0.3) is 0 Å². The number of halogens is 2. The Balaban J connectivity index is 1.87. The summed E-state index contributed by atoms with van der Waals surface area (Å²) in [7, 11) is 0. The number of furan rings is 1. The van der Waals surface area contributed by atoms with Crippen LogP contribution in [0.15, 0.2) is 50.0 Å². The second-order valence-corrected chi connectivity index (χ2v) is 5.14. The first kappa shape index (κ1) is 13.2. The molecule has 0 saturated heterocycles. The highest BCUT2D eigenvalue weighted by Gasteiger charge is 2.05. The Morgan fingerprint density at radius 3 is 2.61 bits per heavy atom. The van der Waals surface area contributed by atoms with E-state index in [0.717, 1.165) is 10.0 Å². The lowest BCUT2D eigenvalue weighted by Gasteiger charge is -2.07.